The van der Waals surface area contributed by atoms with Crippen molar-refractivity contribution in [3.63, 3.8) is 0 Å². The number of nitrogens with one attached hydrogen (secondary N) is 1. The third-order valence-electron chi connectivity index (χ3n) is 5.88. The maximum atomic E-state index is 13.0. The molecule has 164 valence electrons. The van der Waals surface area contributed by atoms with Gasteiger partial charge in [0.15, 0.2) is 0 Å². The van der Waals surface area contributed by atoms with Gasteiger partial charge in [0.05, 0.1) is 11.2 Å². The molecule has 0 saturated carbocycles. The van der Waals surface area contributed by atoms with Crippen molar-refractivity contribution in [3.05, 3.63) is 100 Å². The lowest BCUT2D eigenvalue weighted by Gasteiger charge is -2.08. The van der Waals surface area contributed by atoms with Crippen molar-refractivity contribution in [3.8, 4) is 11.3 Å². The third kappa shape index (κ3) is 4.01. The van der Waals surface area contributed by atoms with E-state index in [-0.39, 0.29) is 11.5 Å². The van der Waals surface area contributed by atoms with Gasteiger partial charge in [-0.2, -0.15) is 5.10 Å². The second-order valence-corrected chi connectivity index (χ2v) is 8.10. The predicted octanol–water partition coefficient (Wildman–Crippen LogP) is 3.76. The van der Waals surface area contributed by atoms with E-state index in [1.165, 1.54) is 11.1 Å². The van der Waals surface area contributed by atoms with Crippen LogP contribution in [0, 0.1) is 13.8 Å². The van der Waals surface area contributed by atoms with Gasteiger partial charge in [-0.1, -0.05) is 36.4 Å². The SMILES string of the molecule is Cc1ccc(-c2cc3c(=O)n(CCNC(=O)c4ccc5ccccc5n4)ccn3n2)cc1C. The zero-order valence-corrected chi connectivity index (χ0v) is 18.4. The molecular formula is C26H23N5O2. The van der Waals surface area contributed by atoms with Crippen molar-refractivity contribution >= 4 is 22.3 Å². The number of nitrogens with zero attached hydrogens (tertiary/aromatic N) is 4. The fraction of sp³-hybridized carbons (Fsp3) is 0.154. The molecule has 0 fully saturated rings. The summed E-state index contributed by atoms with van der Waals surface area (Å²) < 4.78 is 3.18. The molecule has 0 bridgehead atoms. The van der Waals surface area contributed by atoms with E-state index in [9.17, 15) is 9.59 Å². The van der Waals surface area contributed by atoms with Crippen LogP contribution in [0.25, 0.3) is 27.7 Å². The summed E-state index contributed by atoms with van der Waals surface area (Å²) in [6.07, 6.45) is 3.45. The minimum Gasteiger partial charge on any atom is -0.349 e. The Kier molecular flexibility index (Phi) is 5.22. The van der Waals surface area contributed by atoms with Crippen LogP contribution in [0.5, 0.6) is 0 Å². The maximum Gasteiger partial charge on any atom is 0.276 e. The summed E-state index contributed by atoms with van der Waals surface area (Å²) in [6, 6.07) is 19.2. The fourth-order valence-corrected chi connectivity index (χ4v) is 3.82. The lowest BCUT2D eigenvalue weighted by Crippen LogP contribution is -2.31. The van der Waals surface area contributed by atoms with Gasteiger partial charge in [-0.05, 0) is 49.2 Å². The van der Waals surface area contributed by atoms with Gasteiger partial charge in [0.2, 0.25) is 0 Å². The van der Waals surface area contributed by atoms with Crippen LogP contribution in [-0.4, -0.2) is 31.6 Å². The van der Waals surface area contributed by atoms with E-state index in [0.717, 1.165) is 22.2 Å². The first-order valence-corrected chi connectivity index (χ1v) is 10.8. The molecule has 0 spiro atoms. The largest absolute Gasteiger partial charge is 0.349 e. The van der Waals surface area contributed by atoms with E-state index >= 15 is 0 Å². The van der Waals surface area contributed by atoms with Crippen LogP contribution < -0.4 is 10.9 Å². The number of fused-ring (bicyclic) bond motifs is 2. The molecule has 5 rings (SSSR count). The van der Waals surface area contributed by atoms with Crippen molar-refractivity contribution in [1.29, 1.82) is 0 Å². The highest BCUT2D eigenvalue weighted by molar-refractivity contribution is 5.94. The third-order valence-corrected chi connectivity index (χ3v) is 5.88. The molecule has 7 nitrogen and oxygen atoms in total. The molecule has 3 aromatic heterocycles. The molecule has 0 atom stereocenters. The van der Waals surface area contributed by atoms with Gasteiger partial charge in [-0.15, -0.1) is 0 Å². The molecule has 0 aliphatic rings. The Bertz CT molecular complexity index is 1560. The summed E-state index contributed by atoms with van der Waals surface area (Å²) in [5, 5.41) is 8.38. The van der Waals surface area contributed by atoms with Gasteiger partial charge >= 0.3 is 0 Å². The number of aromatic nitrogens is 4. The Hall–Kier alpha value is -4.26. The van der Waals surface area contributed by atoms with Gasteiger partial charge in [0.1, 0.15) is 11.2 Å². The van der Waals surface area contributed by atoms with E-state index in [0.29, 0.717) is 24.3 Å². The highest BCUT2D eigenvalue weighted by atomic mass is 16.2. The summed E-state index contributed by atoms with van der Waals surface area (Å²) in [7, 11) is 0. The van der Waals surface area contributed by atoms with Crippen LogP contribution in [0.2, 0.25) is 0 Å². The molecule has 0 saturated heterocycles. The predicted molar refractivity (Wildman–Crippen MR) is 128 cm³/mol. The lowest BCUT2D eigenvalue weighted by atomic mass is 10.0. The molecule has 3 heterocycles. The molecule has 0 unspecified atom stereocenters. The topological polar surface area (TPSA) is 81.3 Å². The van der Waals surface area contributed by atoms with Gasteiger partial charge in [-0.25, -0.2) is 9.50 Å². The van der Waals surface area contributed by atoms with Crippen LogP contribution in [0.4, 0.5) is 0 Å². The quantitative estimate of drug-likeness (QED) is 0.454. The van der Waals surface area contributed by atoms with E-state index in [4.69, 9.17) is 0 Å². The maximum absolute atomic E-state index is 13.0. The van der Waals surface area contributed by atoms with Crippen LogP contribution in [-0.2, 0) is 6.54 Å². The number of rotatable bonds is 5. The van der Waals surface area contributed by atoms with Gasteiger partial charge in [0.25, 0.3) is 11.5 Å². The number of amides is 1. The van der Waals surface area contributed by atoms with E-state index < -0.39 is 0 Å². The fourth-order valence-electron chi connectivity index (χ4n) is 3.82. The molecular weight excluding hydrogens is 414 g/mol. The molecule has 2 aromatic carbocycles. The number of benzene rings is 2. The monoisotopic (exact) mass is 437 g/mol. The van der Waals surface area contributed by atoms with Crippen LogP contribution in [0.3, 0.4) is 0 Å². The summed E-state index contributed by atoms with van der Waals surface area (Å²) in [4.78, 5) is 29.9. The molecule has 0 aliphatic heterocycles. The first-order valence-electron chi connectivity index (χ1n) is 10.8. The van der Waals surface area contributed by atoms with Crippen LogP contribution >= 0.6 is 0 Å². The number of hydrogen-bond acceptors (Lipinski definition) is 4. The molecule has 1 N–H and O–H groups in total. The average molecular weight is 438 g/mol. The molecule has 7 heteroatoms. The molecule has 5 aromatic rings. The Morgan fingerprint density at radius 2 is 1.82 bits per heavy atom. The van der Waals surface area contributed by atoms with Gasteiger partial charge < -0.3 is 9.88 Å². The number of hydrogen-bond donors (Lipinski definition) is 1. The Morgan fingerprint density at radius 3 is 2.67 bits per heavy atom. The summed E-state index contributed by atoms with van der Waals surface area (Å²) in [5.41, 5.74) is 5.58. The molecule has 0 aliphatic carbocycles. The second-order valence-electron chi connectivity index (χ2n) is 8.10. The summed E-state index contributed by atoms with van der Waals surface area (Å²) >= 11 is 0. The number of carbonyl (C=O) groups is 1. The minimum atomic E-state index is -0.267. The van der Waals surface area contributed by atoms with Crippen molar-refractivity contribution in [2.45, 2.75) is 20.4 Å². The van der Waals surface area contributed by atoms with Crippen LogP contribution in [0.1, 0.15) is 21.6 Å². The molecule has 0 radical (unpaired) electrons. The molecule has 1 amide bonds. The zero-order valence-electron chi connectivity index (χ0n) is 18.4. The lowest BCUT2D eigenvalue weighted by molar-refractivity contribution is 0.0947. The Morgan fingerprint density at radius 1 is 0.970 bits per heavy atom. The summed E-state index contributed by atoms with van der Waals surface area (Å²) in [6.45, 7) is 4.78. The van der Waals surface area contributed by atoms with E-state index in [1.54, 1.807) is 33.6 Å². The smallest absolute Gasteiger partial charge is 0.276 e. The van der Waals surface area contributed by atoms with E-state index in [1.807, 2.05) is 36.4 Å². The Labute approximate surface area is 190 Å². The molecule has 33 heavy (non-hydrogen) atoms. The first-order chi connectivity index (χ1) is 16.0. The van der Waals surface area contributed by atoms with Crippen LogP contribution in [0.15, 0.2) is 77.9 Å². The number of carbonyl (C=O) groups excluding carboxylic acids is 1. The number of pyridine rings is 1. The summed E-state index contributed by atoms with van der Waals surface area (Å²) in [5.74, 6) is -0.267. The highest BCUT2D eigenvalue weighted by Gasteiger charge is 2.11. The van der Waals surface area contributed by atoms with Crippen molar-refractivity contribution in [2.75, 3.05) is 6.54 Å². The van der Waals surface area contributed by atoms with Crippen molar-refractivity contribution in [1.82, 2.24) is 24.5 Å². The van der Waals surface area contributed by atoms with E-state index in [2.05, 4.69) is 41.4 Å². The van der Waals surface area contributed by atoms with Crippen molar-refractivity contribution in [2.24, 2.45) is 0 Å². The normalized spacial score (nSPS) is 11.2. The Balaban J connectivity index is 1.31. The first kappa shape index (κ1) is 20.6. The van der Waals surface area contributed by atoms with Gasteiger partial charge in [-0.3, -0.25) is 9.59 Å². The average Bonchev–Trinajstić information content (AvgIpc) is 3.27. The standard InChI is InChI=1S/C26H23N5O2/c1-17-7-8-20(15-18(17)2)23-16-24-26(33)30(13-14-31(24)29-23)12-11-27-25(32)22-10-9-19-5-3-4-6-21(19)28-22/h3-10,13-16H,11-12H2,1-2H3,(H,27,32). The second kappa shape index (κ2) is 8.35. The van der Waals surface area contributed by atoms with Crippen molar-refractivity contribution < 1.29 is 4.79 Å². The van der Waals surface area contributed by atoms with Gasteiger partial charge in [0, 0.05) is 36.4 Å². The number of aryl methyl sites for hydroxylation is 2. The zero-order chi connectivity index (χ0) is 22.9. The minimum absolute atomic E-state index is 0.154. The highest BCUT2D eigenvalue weighted by Crippen LogP contribution is 2.21. The number of para-hydroxylation sites is 1.